The molecule has 1 fully saturated rings. The summed E-state index contributed by atoms with van der Waals surface area (Å²) in [6.45, 7) is 4.78. The lowest BCUT2D eigenvalue weighted by Crippen LogP contribution is -2.44. The maximum absolute atomic E-state index is 12.8. The lowest BCUT2D eigenvalue weighted by Gasteiger charge is -2.32. The fraction of sp³-hybridized carbons (Fsp3) is 0.435. The molecule has 8 heteroatoms. The Labute approximate surface area is 203 Å². The SMILES string of the molecule is CN=C(NCC1CCN(S(=O)(=O)c2ccccc2)CC1)N(C)Cc1ccc(C)cc1.I. The first-order chi connectivity index (χ1) is 14.4. The summed E-state index contributed by atoms with van der Waals surface area (Å²) in [5, 5.41) is 3.46. The molecule has 0 amide bonds. The number of aryl methyl sites for hydroxylation is 1. The van der Waals surface area contributed by atoms with Crippen molar-refractivity contribution in [3.8, 4) is 0 Å². The Morgan fingerprint density at radius 3 is 2.29 bits per heavy atom. The van der Waals surface area contributed by atoms with Crippen molar-refractivity contribution >= 4 is 40.0 Å². The van der Waals surface area contributed by atoms with Crippen LogP contribution < -0.4 is 5.32 Å². The van der Waals surface area contributed by atoms with Crippen LogP contribution in [0.25, 0.3) is 0 Å². The predicted molar refractivity (Wildman–Crippen MR) is 137 cm³/mol. The molecule has 31 heavy (non-hydrogen) atoms. The van der Waals surface area contributed by atoms with Gasteiger partial charge in [0.05, 0.1) is 4.90 Å². The Morgan fingerprint density at radius 1 is 1.10 bits per heavy atom. The summed E-state index contributed by atoms with van der Waals surface area (Å²) in [5.41, 5.74) is 2.50. The highest BCUT2D eigenvalue weighted by atomic mass is 127. The molecule has 0 radical (unpaired) electrons. The zero-order valence-corrected chi connectivity index (χ0v) is 21.6. The number of piperidine rings is 1. The summed E-state index contributed by atoms with van der Waals surface area (Å²) in [7, 11) is 0.435. The number of guanidine groups is 1. The minimum Gasteiger partial charge on any atom is -0.356 e. The van der Waals surface area contributed by atoms with Crippen LogP contribution in [0, 0.1) is 12.8 Å². The number of nitrogens with one attached hydrogen (secondary N) is 1. The van der Waals surface area contributed by atoms with Crippen molar-refractivity contribution < 1.29 is 8.42 Å². The van der Waals surface area contributed by atoms with Crippen molar-refractivity contribution in [1.82, 2.24) is 14.5 Å². The van der Waals surface area contributed by atoms with Crippen molar-refractivity contribution in [1.29, 1.82) is 0 Å². The molecule has 1 N–H and O–H groups in total. The maximum Gasteiger partial charge on any atom is 0.243 e. The van der Waals surface area contributed by atoms with Gasteiger partial charge in [0.25, 0.3) is 0 Å². The molecule has 2 aromatic rings. The summed E-state index contributed by atoms with van der Waals surface area (Å²) >= 11 is 0. The van der Waals surface area contributed by atoms with Gasteiger partial charge in [0.15, 0.2) is 5.96 Å². The predicted octanol–water partition coefficient (Wildman–Crippen LogP) is 3.72. The smallest absolute Gasteiger partial charge is 0.243 e. The fourth-order valence-corrected chi connectivity index (χ4v) is 5.25. The van der Waals surface area contributed by atoms with E-state index in [0.717, 1.165) is 31.9 Å². The van der Waals surface area contributed by atoms with Gasteiger partial charge in [-0.3, -0.25) is 4.99 Å². The first-order valence-corrected chi connectivity index (χ1v) is 11.9. The van der Waals surface area contributed by atoms with Gasteiger partial charge in [0, 0.05) is 40.3 Å². The highest BCUT2D eigenvalue weighted by Gasteiger charge is 2.29. The second-order valence-corrected chi connectivity index (χ2v) is 9.87. The van der Waals surface area contributed by atoms with Gasteiger partial charge in [0.2, 0.25) is 10.0 Å². The number of sulfonamides is 1. The Morgan fingerprint density at radius 2 is 1.71 bits per heavy atom. The van der Waals surface area contributed by atoms with Crippen LogP contribution >= 0.6 is 24.0 Å². The topological polar surface area (TPSA) is 65.0 Å². The molecule has 0 spiro atoms. The molecular formula is C23H33IN4O2S. The van der Waals surface area contributed by atoms with Crippen molar-refractivity contribution in [2.24, 2.45) is 10.9 Å². The van der Waals surface area contributed by atoms with Crippen LogP contribution in [0.5, 0.6) is 0 Å². The largest absolute Gasteiger partial charge is 0.356 e. The maximum atomic E-state index is 12.8. The van der Waals surface area contributed by atoms with Crippen LogP contribution in [0.4, 0.5) is 0 Å². The van der Waals surface area contributed by atoms with E-state index >= 15 is 0 Å². The number of hydrogen-bond donors (Lipinski definition) is 1. The van der Waals surface area contributed by atoms with Gasteiger partial charge in [0.1, 0.15) is 0 Å². The van der Waals surface area contributed by atoms with E-state index in [1.165, 1.54) is 11.1 Å². The van der Waals surface area contributed by atoms with Crippen molar-refractivity contribution in [2.75, 3.05) is 33.7 Å². The summed E-state index contributed by atoms with van der Waals surface area (Å²) in [5.74, 6) is 1.28. The van der Waals surface area contributed by atoms with Gasteiger partial charge in [-0.25, -0.2) is 8.42 Å². The molecule has 1 aliphatic rings. The minimum atomic E-state index is -3.39. The van der Waals surface area contributed by atoms with Crippen LogP contribution in [-0.2, 0) is 16.6 Å². The monoisotopic (exact) mass is 556 g/mol. The Balaban J connectivity index is 0.00000341. The molecule has 0 saturated carbocycles. The van der Waals surface area contributed by atoms with E-state index < -0.39 is 10.0 Å². The molecule has 3 rings (SSSR count). The second kappa shape index (κ2) is 11.8. The van der Waals surface area contributed by atoms with Gasteiger partial charge in [-0.1, -0.05) is 48.0 Å². The first kappa shape index (κ1) is 25.6. The average molecular weight is 557 g/mol. The summed E-state index contributed by atoms with van der Waals surface area (Å²) in [4.78, 5) is 6.89. The van der Waals surface area contributed by atoms with E-state index in [1.807, 2.05) is 13.1 Å². The van der Waals surface area contributed by atoms with Gasteiger partial charge >= 0.3 is 0 Å². The molecule has 0 bridgehead atoms. The van der Waals surface area contributed by atoms with Crippen molar-refractivity contribution in [3.63, 3.8) is 0 Å². The van der Waals surface area contributed by atoms with Crippen LogP contribution in [0.3, 0.4) is 0 Å². The molecule has 1 aliphatic heterocycles. The standard InChI is InChI=1S/C23H32N4O2S.HI/c1-19-9-11-21(12-10-19)18-26(3)23(24-2)25-17-20-13-15-27(16-14-20)30(28,29)22-7-5-4-6-8-22;/h4-12,20H,13-18H2,1-3H3,(H,24,25);1H. The van der Waals surface area contributed by atoms with E-state index in [4.69, 9.17) is 0 Å². The Kier molecular flexibility index (Phi) is 9.77. The van der Waals surface area contributed by atoms with Gasteiger partial charge in [-0.05, 0) is 43.4 Å². The third-order valence-electron chi connectivity index (χ3n) is 5.62. The number of benzene rings is 2. The highest BCUT2D eigenvalue weighted by molar-refractivity contribution is 14.0. The molecule has 0 unspecified atom stereocenters. The number of halogens is 1. The number of aliphatic imine (C=N–C) groups is 1. The van der Waals surface area contributed by atoms with Gasteiger partial charge in [-0.15, -0.1) is 24.0 Å². The van der Waals surface area contributed by atoms with Crippen molar-refractivity contribution in [2.45, 2.75) is 31.2 Å². The number of rotatable bonds is 6. The van der Waals surface area contributed by atoms with E-state index in [2.05, 4.69) is 46.4 Å². The summed E-state index contributed by atoms with van der Waals surface area (Å²) in [6.07, 6.45) is 1.69. The van der Waals surface area contributed by atoms with Gasteiger partial charge in [-0.2, -0.15) is 4.31 Å². The summed E-state index contributed by atoms with van der Waals surface area (Å²) < 4.78 is 27.2. The average Bonchev–Trinajstić information content (AvgIpc) is 2.77. The van der Waals surface area contributed by atoms with Crippen LogP contribution in [-0.4, -0.2) is 57.3 Å². The van der Waals surface area contributed by atoms with Crippen molar-refractivity contribution in [3.05, 3.63) is 65.7 Å². The normalized spacial score (nSPS) is 15.9. The molecule has 6 nitrogen and oxygen atoms in total. The highest BCUT2D eigenvalue weighted by Crippen LogP contribution is 2.23. The quantitative estimate of drug-likeness (QED) is 0.335. The number of nitrogens with zero attached hydrogens (tertiary/aromatic N) is 3. The molecule has 0 aliphatic carbocycles. The molecule has 0 atom stereocenters. The second-order valence-electron chi connectivity index (χ2n) is 7.93. The van der Waals surface area contributed by atoms with Crippen LogP contribution in [0.1, 0.15) is 24.0 Å². The number of hydrogen-bond acceptors (Lipinski definition) is 3. The lowest BCUT2D eigenvalue weighted by molar-refractivity contribution is 0.272. The van der Waals surface area contributed by atoms with Crippen LogP contribution in [0.15, 0.2) is 64.5 Å². The van der Waals surface area contributed by atoms with E-state index in [-0.39, 0.29) is 24.0 Å². The zero-order chi connectivity index (χ0) is 21.6. The van der Waals surface area contributed by atoms with Crippen LogP contribution in [0.2, 0.25) is 0 Å². The molecule has 0 aromatic heterocycles. The lowest BCUT2D eigenvalue weighted by atomic mass is 9.98. The molecule has 170 valence electrons. The van der Waals surface area contributed by atoms with E-state index in [0.29, 0.717) is 23.9 Å². The van der Waals surface area contributed by atoms with Gasteiger partial charge < -0.3 is 10.2 Å². The molecule has 1 saturated heterocycles. The third kappa shape index (κ3) is 6.92. The molecular weight excluding hydrogens is 523 g/mol. The summed E-state index contributed by atoms with van der Waals surface area (Å²) in [6, 6.07) is 17.2. The zero-order valence-electron chi connectivity index (χ0n) is 18.5. The molecule has 1 heterocycles. The van der Waals surface area contributed by atoms with E-state index in [1.54, 1.807) is 35.6 Å². The third-order valence-corrected chi connectivity index (χ3v) is 7.53. The first-order valence-electron chi connectivity index (χ1n) is 10.4. The molecule has 2 aromatic carbocycles. The fourth-order valence-electron chi connectivity index (χ4n) is 3.76. The Hall–Kier alpha value is -1.65. The Bertz CT molecular complexity index is 941. The van der Waals surface area contributed by atoms with E-state index in [9.17, 15) is 8.42 Å². The minimum absolute atomic E-state index is 0.